The smallest absolute Gasteiger partial charge is 0.313 e. The normalized spacial score (nSPS) is 26.2. The summed E-state index contributed by atoms with van der Waals surface area (Å²) in [5.41, 5.74) is 2.85. The maximum absolute atomic E-state index is 12.7. The first-order chi connectivity index (χ1) is 11.9. The molecule has 0 aliphatic carbocycles. The van der Waals surface area contributed by atoms with Gasteiger partial charge in [-0.25, -0.2) is 0 Å². The third kappa shape index (κ3) is 3.56. The van der Waals surface area contributed by atoms with Crippen molar-refractivity contribution < 1.29 is 14.7 Å². The summed E-state index contributed by atoms with van der Waals surface area (Å²) in [6.45, 7) is 6.03. The number of hydrogen-bond acceptors (Lipinski definition) is 3. The summed E-state index contributed by atoms with van der Waals surface area (Å²) in [5, 5.41) is 13.2. The molecule has 2 atom stereocenters. The zero-order valence-corrected chi connectivity index (χ0v) is 15.2. The van der Waals surface area contributed by atoms with Crippen molar-refractivity contribution in [1.82, 2.24) is 10.2 Å². The van der Waals surface area contributed by atoms with Crippen LogP contribution in [0.15, 0.2) is 18.2 Å². The summed E-state index contributed by atoms with van der Waals surface area (Å²) in [5.74, 6) is -0.695. The minimum Gasteiger partial charge on any atom is -0.481 e. The maximum Gasteiger partial charge on any atom is 0.313 e. The third-order valence-corrected chi connectivity index (χ3v) is 6.00. The van der Waals surface area contributed by atoms with E-state index in [4.69, 9.17) is 0 Å². The number of likely N-dealkylation sites (tertiary alicyclic amines) is 1. The molecule has 0 bridgehead atoms. The number of carbonyl (C=O) groups is 2. The number of rotatable bonds is 4. The van der Waals surface area contributed by atoms with Crippen molar-refractivity contribution in [2.45, 2.75) is 52.0 Å². The number of benzene rings is 1. The first-order valence-electron chi connectivity index (χ1n) is 9.23. The maximum atomic E-state index is 12.7. The fourth-order valence-corrected chi connectivity index (χ4v) is 4.23. The second-order valence-corrected chi connectivity index (χ2v) is 7.59. The number of carbonyl (C=O) groups excluding carboxylic acids is 1. The molecule has 1 amide bonds. The Bertz CT molecular complexity index is 673. The van der Waals surface area contributed by atoms with Crippen LogP contribution in [0.4, 0.5) is 0 Å². The molecule has 2 aliphatic heterocycles. The number of carboxylic acid groups (broad SMARTS) is 1. The number of nitrogens with one attached hydrogen (secondary N) is 1. The van der Waals surface area contributed by atoms with Crippen molar-refractivity contribution in [3.05, 3.63) is 34.9 Å². The second-order valence-electron chi connectivity index (χ2n) is 7.59. The van der Waals surface area contributed by atoms with E-state index >= 15 is 0 Å². The molecular weight excluding hydrogens is 316 g/mol. The van der Waals surface area contributed by atoms with E-state index in [2.05, 4.69) is 37.4 Å². The van der Waals surface area contributed by atoms with E-state index in [0.717, 1.165) is 19.4 Å². The van der Waals surface area contributed by atoms with Gasteiger partial charge in [-0.05, 0) is 62.8 Å². The molecule has 2 saturated heterocycles. The van der Waals surface area contributed by atoms with Crippen LogP contribution in [-0.4, -0.2) is 47.6 Å². The van der Waals surface area contributed by atoms with Gasteiger partial charge in [0.15, 0.2) is 0 Å². The van der Waals surface area contributed by atoms with Crippen LogP contribution in [0.25, 0.3) is 0 Å². The van der Waals surface area contributed by atoms with Gasteiger partial charge >= 0.3 is 5.97 Å². The highest BCUT2D eigenvalue weighted by Crippen LogP contribution is 2.38. The number of piperidine rings is 2. The molecule has 25 heavy (non-hydrogen) atoms. The third-order valence-electron chi connectivity index (χ3n) is 6.00. The lowest BCUT2D eigenvalue weighted by Crippen LogP contribution is -2.63. The van der Waals surface area contributed by atoms with Gasteiger partial charge in [-0.3, -0.25) is 9.59 Å². The molecule has 1 aromatic rings. The van der Waals surface area contributed by atoms with Gasteiger partial charge in [-0.2, -0.15) is 0 Å². The number of aryl methyl sites for hydroxylation is 3. The second kappa shape index (κ2) is 7.16. The minimum atomic E-state index is -0.813. The Morgan fingerprint density at radius 2 is 2.12 bits per heavy atom. The molecule has 3 rings (SSSR count). The van der Waals surface area contributed by atoms with E-state index in [1.807, 2.05) is 0 Å². The summed E-state index contributed by atoms with van der Waals surface area (Å²) < 4.78 is 0. The van der Waals surface area contributed by atoms with Gasteiger partial charge in [0, 0.05) is 25.6 Å². The highest BCUT2D eigenvalue weighted by Gasteiger charge is 2.51. The predicted molar refractivity (Wildman–Crippen MR) is 96.5 cm³/mol. The Morgan fingerprint density at radius 3 is 2.84 bits per heavy atom. The summed E-state index contributed by atoms with van der Waals surface area (Å²) in [6, 6.07) is 6.29. The molecular formula is C20H28N2O3. The van der Waals surface area contributed by atoms with Gasteiger partial charge in [0.1, 0.15) is 5.41 Å². The lowest BCUT2D eigenvalue weighted by atomic mass is 9.70. The van der Waals surface area contributed by atoms with E-state index in [1.54, 1.807) is 4.90 Å². The van der Waals surface area contributed by atoms with E-state index in [1.165, 1.54) is 16.7 Å². The van der Waals surface area contributed by atoms with Gasteiger partial charge in [-0.15, -0.1) is 0 Å². The Balaban J connectivity index is 1.64. The van der Waals surface area contributed by atoms with Crippen molar-refractivity contribution in [2.75, 3.05) is 19.6 Å². The van der Waals surface area contributed by atoms with Crippen molar-refractivity contribution in [3.8, 4) is 0 Å². The molecule has 0 radical (unpaired) electrons. The quantitative estimate of drug-likeness (QED) is 0.879. The van der Waals surface area contributed by atoms with Crippen LogP contribution < -0.4 is 5.32 Å². The number of fused-ring (bicyclic) bond motifs is 1. The van der Waals surface area contributed by atoms with Gasteiger partial charge in [-0.1, -0.05) is 18.2 Å². The molecule has 1 aromatic carbocycles. The van der Waals surface area contributed by atoms with Crippen molar-refractivity contribution in [3.63, 3.8) is 0 Å². The van der Waals surface area contributed by atoms with Crippen molar-refractivity contribution in [1.29, 1.82) is 0 Å². The molecule has 2 N–H and O–H groups in total. The average molecular weight is 344 g/mol. The van der Waals surface area contributed by atoms with Crippen LogP contribution in [-0.2, 0) is 16.0 Å². The molecule has 2 aliphatic rings. The number of amides is 1. The van der Waals surface area contributed by atoms with E-state index < -0.39 is 11.4 Å². The SMILES string of the molecule is Cc1ccc(CCC(=O)N2CC[C@H]3NCCC[C@]3(C(=O)O)C2)cc1C. The molecule has 0 unspecified atom stereocenters. The minimum absolute atomic E-state index is 0.0115. The van der Waals surface area contributed by atoms with Gasteiger partial charge in [0.2, 0.25) is 5.91 Å². The van der Waals surface area contributed by atoms with E-state index in [-0.39, 0.29) is 11.9 Å². The van der Waals surface area contributed by atoms with Crippen LogP contribution >= 0.6 is 0 Å². The number of hydrogen-bond donors (Lipinski definition) is 2. The van der Waals surface area contributed by atoms with Crippen LogP contribution in [0, 0.1) is 19.3 Å². The fourth-order valence-electron chi connectivity index (χ4n) is 4.23. The summed E-state index contributed by atoms with van der Waals surface area (Å²) in [4.78, 5) is 26.4. The van der Waals surface area contributed by atoms with E-state index in [0.29, 0.717) is 32.4 Å². The molecule has 2 fully saturated rings. The van der Waals surface area contributed by atoms with Gasteiger partial charge < -0.3 is 15.3 Å². The lowest BCUT2D eigenvalue weighted by molar-refractivity contribution is -0.159. The molecule has 0 aromatic heterocycles. The van der Waals surface area contributed by atoms with Crippen LogP contribution in [0.2, 0.25) is 0 Å². The summed E-state index contributed by atoms with van der Waals surface area (Å²) in [7, 11) is 0. The number of carboxylic acids is 1. The molecule has 0 spiro atoms. The summed E-state index contributed by atoms with van der Waals surface area (Å²) >= 11 is 0. The Morgan fingerprint density at radius 1 is 1.32 bits per heavy atom. The zero-order chi connectivity index (χ0) is 18.0. The molecule has 136 valence electrons. The highest BCUT2D eigenvalue weighted by atomic mass is 16.4. The topological polar surface area (TPSA) is 69.6 Å². The summed E-state index contributed by atoms with van der Waals surface area (Å²) in [6.07, 6.45) is 3.38. The Labute approximate surface area is 149 Å². The Hall–Kier alpha value is -1.88. The molecule has 0 saturated carbocycles. The first kappa shape index (κ1) is 17.9. The van der Waals surface area contributed by atoms with Gasteiger partial charge in [0.05, 0.1) is 0 Å². The first-order valence-corrected chi connectivity index (χ1v) is 9.23. The van der Waals surface area contributed by atoms with Crippen LogP contribution in [0.3, 0.4) is 0 Å². The largest absolute Gasteiger partial charge is 0.481 e. The van der Waals surface area contributed by atoms with Crippen molar-refractivity contribution >= 4 is 11.9 Å². The fraction of sp³-hybridized carbons (Fsp3) is 0.600. The predicted octanol–water partition coefficient (Wildman–Crippen LogP) is 2.29. The van der Waals surface area contributed by atoms with Crippen LogP contribution in [0.5, 0.6) is 0 Å². The molecule has 5 heteroatoms. The van der Waals surface area contributed by atoms with E-state index in [9.17, 15) is 14.7 Å². The van der Waals surface area contributed by atoms with Crippen molar-refractivity contribution in [2.24, 2.45) is 5.41 Å². The van der Waals surface area contributed by atoms with Gasteiger partial charge in [0.25, 0.3) is 0 Å². The highest BCUT2D eigenvalue weighted by molar-refractivity contribution is 5.80. The average Bonchev–Trinajstić information content (AvgIpc) is 2.61. The molecule has 5 nitrogen and oxygen atoms in total. The Kier molecular flexibility index (Phi) is 5.13. The number of nitrogens with zero attached hydrogens (tertiary/aromatic N) is 1. The molecule has 2 heterocycles. The zero-order valence-electron chi connectivity index (χ0n) is 15.2. The monoisotopic (exact) mass is 344 g/mol. The lowest BCUT2D eigenvalue weighted by Gasteiger charge is -2.48. The van der Waals surface area contributed by atoms with Crippen LogP contribution in [0.1, 0.15) is 42.4 Å². The number of aliphatic carboxylic acids is 1. The standard InChI is InChI=1S/C20H28N2O3/c1-14-4-5-16(12-15(14)2)6-7-18(23)22-11-8-17-20(13-22,19(24)25)9-3-10-21-17/h4-5,12,17,21H,3,6-11,13H2,1-2H3,(H,24,25)/t17-,20+/m1/s1.